The van der Waals surface area contributed by atoms with Crippen LogP contribution in [-0.2, 0) is 5.41 Å². The van der Waals surface area contributed by atoms with E-state index in [-0.39, 0.29) is 5.56 Å². The fourth-order valence-corrected chi connectivity index (χ4v) is 6.21. The molecule has 0 saturated heterocycles. The van der Waals surface area contributed by atoms with Crippen LogP contribution < -0.4 is 10.9 Å². The smallest absolute Gasteiger partial charge is 0.349 e. The Labute approximate surface area is 146 Å². The van der Waals surface area contributed by atoms with Gasteiger partial charge in [0.25, 0.3) is 5.91 Å². The number of amides is 1. The molecule has 4 aliphatic rings. The summed E-state index contributed by atoms with van der Waals surface area (Å²) in [6.07, 6.45) is 8.14. The summed E-state index contributed by atoms with van der Waals surface area (Å²) in [6, 6.07) is 7.91. The Morgan fingerprint density at radius 3 is 2.32 bits per heavy atom. The zero-order chi connectivity index (χ0) is 17.2. The van der Waals surface area contributed by atoms with E-state index in [1.807, 2.05) is 6.07 Å². The van der Waals surface area contributed by atoms with Gasteiger partial charge in [-0.1, -0.05) is 6.07 Å². The van der Waals surface area contributed by atoms with Crippen molar-refractivity contribution < 1.29 is 9.21 Å². The molecule has 2 aromatic rings. The minimum atomic E-state index is -0.575. The molecule has 6 rings (SSSR count). The molecule has 4 heteroatoms. The van der Waals surface area contributed by atoms with E-state index in [1.165, 1.54) is 51.1 Å². The minimum Gasteiger partial charge on any atom is -0.422 e. The molecule has 4 saturated carbocycles. The van der Waals surface area contributed by atoms with Gasteiger partial charge in [0.15, 0.2) is 0 Å². The van der Waals surface area contributed by atoms with Crippen LogP contribution in [0.25, 0.3) is 11.0 Å². The first-order valence-corrected chi connectivity index (χ1v) is 9.37. The van der Waals surface area contributed by atoms with Gasteiger partial charge in [-0.2, -0.15) is 0 Å². The van der Waals surface area contributed by atoms with Crippen LogP contribution in [0, 0.1) is 17.8 Å². The summed E-state index contributed by atoms with van der Waals surface area (Å²) in [5.41, 5.74) is 1.74. The normalized spacial score (nSPS) is 32.9. The molecule has 4 aliphatic carbocycles. The van der Waals surface area contributed by atoms with Crippen molar-refractivity contribution in [2.45, 2.75) is 43.9 Å². The van der Waals surface area contributed by atoms with Gasteiger partial charge in [0.2, 0.25) is 0 Å². The van der Waals surface area contributed by atoms with E-state index in [9.17, 15) is 9.59 Å². The number of carbonyl (C=O) groups excluding carboxylic acids is 1. The molecule has 4 nitrogen and oxygen atoms in total. The lowest BCUT2D eigenvalue weighted by Gasteiger charge is -2.57. The molecule has 4 fully saturated rings. The standard InChI is InChI=1S/C21H23NO3/c1-22-19(23)17-8-15-7-16(2-3-18(15)25-20(17)24)21-9-12-4-13(10-21)6-14(5-12)11-21/h2-3,7-8,12-14H,4-6,9-11H2,1H3,(H,22,23). The van der Waals surface area contributed by atoms with Gasteiger partial charge >= 0.3 is 5.63 Å². The quantitative estimate of drug-likeness (QED) is 0.852. The van der Waals surface area contributed by atoms with Crippen LogP contribution >= 0.6 is 0 Å². The molecule has 0 atom stereocenters. The summed E-state index contributed by atoms with van der Waals surface area (Å²) in [4.78, 5) is 23.9. The van der Waals surface area contributed by atoms with Crippen molar-refractivity contribution in [1.82, 2.24) is 5.32 Å². The predicted octanol–water partition coefficient (Wildman–Crippen LogP) is 3.62. The SMILES string of the molecule is CNC(=O)c1cc2cc(C34CC5CC(CC(C5)C3)C4)ccc2oc1=O. The average Bonchev–Trinajstić information content (AvgIpc) is 2.59. The van der Waals surface area contributed by atoms with Gasteiger partial charge in [0.1, 0.15) is 11.1 Å². The third-order valence-electron chi connectivity index (χ3n) is 6.85. The maximum Gasteiger partial charge on any atom is 0.349 e. The Balaban J connectivity index is 1.62. The van der Waals surface area contributed by atoms with E-state index in [0.29, 0.717) is 11.0 Å². The van der Waals surface area contributed by atoms with Gasteiger partial charge in [-0.25, -0.2) is 4.79 Å². The summed E-state index contributed by atoms with van der Waals surface area (Å²) in [5.74, 6) is 2.27. The van der Waals surface area contributed by atoms with Crippen molar-refractivity contribution in [3.05, 3.63) is 45.8 Å². The van der Waals surface area contributed by atoms with E-state index < -0.39 is 11.5 Å². The number of rotatable bonds is 2. The maximum absolute atomic E-state index is 12.0. The van der Waals surface area contributed by atoms with Crippen molar-refractivity contribution in [3.63, 3.8) is 0 Å². The molecule has 4 bridgehead atoms. The van der Waals surface area contributed by atoms with Crippen LogP contribution in [0.2, 0.25) is 0 Å². The fraction of sp³-hybridized carbons (Fsp3) is 0.524. The average molecular weight is 337 g/mol. The van der Waals surface area contributed by atoms with E-state index in [1.54, 1.807) is 6.07 Å². The van der Waals surface area contributed by atoms with Gasteiger partial charge in [0, 0.05) is 12.4 Å². The van der Waals surface area contributed by atoms with Gasteiger partial charge in [-0.15, -0.1) is 0 Å². The Hall–Kier alpha value is -2.10. The third kappa shape index (κ3) is 2.26. The van der Waals surface area contributed by atoms with E-state index >= 15 is 0 Å². The molecule has 25 heavy (non-hydrogen) atoms. The lowest BCUT2D eigenvalue weighted by atomic mass is 9.48. The summed E-state index contributed by atoms with van der Waals surface area (Å²) < 4.78 is 5.37. The number of carbonyl (C=O) groups is 1. The Kier molecular flexibility index (Phi) is 3.16. The highest BCUT2D eigenvalue weighted by Crippen LogP contribution is 2.60. The van der Waals surface area contributed by atoms with E-state index in [4.69, 9.17) is 4.42 Å². The lowest BCUT2D eigenvalue weighted by Crippen LogP contribution is -2.48. The van der Waals surface area contributed by atoms with Crippen molar-refractivity contribution in [2.75, 3.05) is 7.05 Å². The van der Waals surface area contributed by atoms with Crippen LogP contribution in [0.15, 0.2) is 33.5 Å². The first kappa shape index (κ1) is 15.2. The fourth-order valence-electron chi connectivity index (χ4n) is 6.21. The van der Waals surface area contributed by atoms with Crippen LogP contribution in [-0.4, -0.2) is 13.0 Å². The highest BCUT2D eigenvalue weighted by molar-refractivity contribution is 5.96. The summed E-state index contributed by atoms with van der Waals surface area (Å²) >= 11 is 0. The Morgan fingerprint density at radius 1 is 1.08 bits per heavy atom. The molecule has 0 radical (unpaired) electrons. The second-order valence-corrected chi connectivity index (χ2v) is 8.48. The van der Waals surface area contributed by atoms with Crippen molar-refractivity contribution in [2.24, 2.45) is 17.8 Å². The summed E-state index contributed by atoms with van der Waals surface area (Å²) in [6.45, 7) is 0. The second-order valence-electron chi connectivity index (χ2n) is 8.48. The lowest BCUT2D eigenvalue weighted by molar-refractivity contribution is -0.00513. The topological polar surface area (TPSA) is 59.3 Å². The van der Waals surface area contributed by atoms with Gasteiger partial charge in [-0.05, 0) is 85.5 Å². The van der Waals surface area contributed by atoms with Crippen LogP contribution in [0.3, 0.4) is 0 Å². The summed E-state index contributed by atoms with van der Waals surface area (Å²) in [5, 5.41) is 3.36. The monoisotopic (exact) mass is 337 g/mol. The summed E-state index contributed by atoms with van der Waals surface area (Å²) in [7, 11) is 1.53. The van der Waals surface area contributed by atoms with Crippen molar-refractivity contribution in [3.8, 4) is 0 Å². The Bertz CT molecular complexity index is 891. The number of nitrogens with one attached hydrogen (secondary N) is 1. The second kappa shape index (κ2) is 5.20. The number of fused-ring (bicyclic) bond motifs is 1. The van der Waals surface area contributed by atoms with E-state index in [2.05, 4.69) is 17.4 Å². The predicted molar refractivity (Wildman–Crippen MR) is 95.7 cm³/mol. The maximum atomic E-state index is 12.0. The highest BCUT2D eigenvalue weighted by atomic mass is 16.4. The molecule has 0 aliphatic heterocycles. The zero-order valence-electron chi connectivity index (χ0n) is 14.5. The molecule has 0 unspecified atom stereocenters. The molecule has 130 valence electrons. The van der Waals surface area contributed by atoms with Crippen LogP contribution in [0.4, 0.5) is 0 Å². The molecule has 1 N–H and O–H groups in total. The van der Waals surface area contributed by atoms with E-state index in [0.717, 1.165) is 23.1 Å². The largest absolute Gasteiger partial charge is 0.422 e. The Morgan fingerprint density at radius 2 is 1.72 bits per heavy atom. The molecule has 0 spiro atoms. The van der Waals surface area contributed by atoms with Crippen LogP contribution in [0.1, 0.15) is 54.4 Å². The molecule has 1 aromatic carbocycles. The number of hydrogen-bond acceptors (Lipinski definition) is 3. The van der Waals surface area contributed by atoms with Crippen molar-refractivity contribution >= 4 is 16.9 Å². The van der Waals surface area contributed by atoms with Gasteiger partial charge in [0.05, 0.1) is 0 Å². The first-order chi connectivity index (χ1) is 12.1. The molecular weight excluding hydrogens is 314 g/mol. The minimum absolute atomic E-state index is 0.0812. The highest BCUT2D eigenvalue weighted by Gasteiger charge is 2.51. The zero-order valence-corrected chi connectivity index (χ0v) is 14.5. The molecular formula is C21H23NO3. The van der Waals surface area contributed by atoms with Crippen molar-refractivity contribution in [1.29, 1.82) is 0 Å². The molecule has 1 aromatic heterocycles. The number of benzene rings is 1. The van der Waals surface area contributed by atoms with Gasteiger partial charge < -0.3 is 9.73 Å². The molecule has 1 heterocycles. The molecule has 1 amide bonds. The van der Waals surface area contributed by atoms with Crippen LogP contribution in [0.5, 0.6) is 0 Å². The number of hydrogen-bond donors (Lipinski definition) is 1. The van der Waals surface area contributed by atoms with Gasteiger partial charge in [-0.3, -0.25) is 4.79 Å². The third-order valence-corrected chi connectivity index (χ3v) is 6.85. The first-order valence-electron chi connectivity index (χ1n) is 9.37.